The second-order valence-corrected chi connectivity index (χ2v) is 21.8. The fourth-order valence-electron chi connectivity index (χ4n) is 9.63. The molecule has 3 rings (SSSR count). The van der Waals surface area contributed by atoms with Gasteiger partial charge in [-0.05, 0) is 93.1 Å². The predicted octanol–water partition coefficient (Wildman–Crippen LogP) is 1.68. The Balaban J connectivity index is 2.11. The summed E-state index contributed by atoms with van der Waals surface area (Å²) in [7, 11) is 0. The molecular formula is C58H93N11O10. The van der Waals surface area contributed by atoms with Gasteiger partial charge in [0, 0.05) is 50.6 Å². The minimum absolute atomic E-state index is 0.0186. The lowest BCUT2D eigenvalue weighted by atomic mass is 9.89. The molecule has 21 nitrogen and oxygen atoms in total. The molecule has 0 unspecified atom stereocenters. The van der Waals surface area contributed by atoms with Crippen LogP contribution in [0.1, 0.15) is 136 Å². The van der Waals surface area contributed by atoms with Crippen molar-refractivity contribution in [2.75, 3.05) is 32.7 Å². The molecule has 21 heteroatoms. The molecule has 2 aromatic carbocycles. The summed E-state index contributed by atoms with van der Waals surface area (Å²) in [6.45, 7) is 8.83. The van der Waals surface area contributed by atoms with E-state index >= 15 is 0 Å². The summed E-state index contributed by atoms with van der Waals surface area (Å²) in [5.41, 5.74) is 26.4. The van der Waals surface area contributed by atoms with E-state index < -0.39 is 101 Å². The van der Waals surface area contributed by atoms with Crippen LogP contribution in [0.25, 0.3) is 11.1 Å². The number of nitrogens with two attached hydrogens (primary N) is 4. The molecule has 1 heterocycles. The van der Waals surface area contributed by atoms with E-state index in [2.05, 4.69) is 44.1 Å². The molecule has 0 spiro atoms. The van der Waals surface area contributed by atoms with Crippen molar-refractivity contribution in [3.05, 3.63) is 60.2 Å². The number of carbonyl (C=O) groups is 9. The quantitative estimate of drug-likeness (QED) is 0.0597. The van der Waals surface area contributed by atoms with Crippen molar-refractivity contribution in [2.45, 2.75) is 180 Å². The Morgan fingerprint density at radius 2 is 1.15 bits per heavy atom. The summed E-state index contributed by atoms with van der Waals surface area (Å²) >= 11 is 0. The van der Waals surface area contributed by atoms with Crippen molar-refractivity contribution in [3.8, 4) is 11.1 Å². The number of benzene rings is 2. The van der Waals surface area contributed by atoms with Gasteiger partial charge in [0.2, 0.25) is 41.4 Å². The van der Waals surface area contributed by atoms with Gasteiger partial charge in [-0.25, -0.2) is 0 Å². The van der Waals surface area contributed by atoms with Gasteiger partial charge in [-0.3, -0.25) is 43.2 Å². The Hall–Kier alpha value is -6.13. The molecule has 1 aliphatic heterocycles. The topological polar surface area (TPSA) is 362 Å². The zero-order valence-electron chi connectivity index (χ0n) is 47.3. The number of aliphatic hydroxyl groups excluding tert-OH is 1. The van der Waals surface area contributed by atoms with Crippen molar-refractivity contribution < 1.29 is 48.3 Å². The Morgan fingerprint density at radius 3 is 1.73 bits per heavy atom. The summed E-state index contributed by atoms with van der Waals surface area (Å²) in [5, 5.41) is 29.8. The summed E-state index contributed by atoms with van der Waals surface area (Å²) < 4.78 is 0. The van der Waals surface area contributed by atoms with E-state index in [-0.39, 0.29) is 115 Å². The van der Waals surface area contributed by atoms with Gasteiger partial charge in [0.25, 0.3) is 0 Å². The van der Waals surface area contributed by atoms with Crippen LogP contribution in [0, 0.1) is 23.7 Å². The lowest BCUT2D eigenvalue weighted by Crippen LogP contribution is -2.60. The zero-order valence-corrected chi connectivity index (χ0v) is 47.3. The smallest absolute Gasteiger partial charge is 0.243 e. The minimum atomic E-state index is -1.42. The first-order valence-electron chi connectivity index (χ1n) is 28.5. The molecular weight excluding hydrogens is 1010 g/mol. The second kappa shape index (κ2) is 36.2. The van der Waals surface area contributed by atoms with Crippen LogP contribution in [0.5, 0.6) is 0 Å². The number of amides is 7. The molecule has 0 aromatic heterocycles. The first-order valence-corrected chi connectivity index (χ1v) is 28.5. The van der Waals surface area contributed by atoms with Gasteiger partial charge in [-0.2, -0.15) is 0 Å². The highest BCUT2D eigenvalue weighted by Gasteiger charge is 2.36. The molecule has 2 aromatic rings. The molecule has 7 amide bonds. The van der Waals surface area contributed by atoms with Crippen LogP contribution in [-0.4, -0.2) is 133 Å². The minimum Gasteiger partial charge on any atom is -0.393 e. The SMILES string of the molecule is CCCCCCC[C@@H](O)CC(=O)C[C@H](CCN)C(=O)N[C@H]1CCNC(=O)[C@H](CC(C)C)CC(=O)[C@H](CN)NC(=O)[C@H](CCN)NC(=O)[C@H](CC(C)C)NC(=O)[C@@H](Cc2ccc(-c3ccccc3)cc2)NC(=O)[C@H](CCN)NC1=O. The van der Waals surface area contributed by atoms with Gasteiger partial charge in [0.1, 0.15) is 36.0 Å². The lowest BCUT2D eigenvalue weighted by Gasteiger charge is -2.28. The average molecular weight is 1100 g/mol. The van der Waals surface area contributed by atoms with E-state index in [1.807, 2.05) is 70.2 Å². The van der Waals surface area contributed by atoms with Crippen LogP contribution in [0.15, 0.2) is 54.6 Å². The maximum Gasteiger partial charge on any atom is 0.243 e. The van der Waals surface area contributed by atoms with Gasteiger partial charge < -0.3 is 65.3 Å². The third-order valence-corrected chi connectivity index (χ3v) is 14.0. The Bertz CT molecular complexity index is 2250. The van der Waals surface area contributed by atoms with Crippen LogP contribution < -0.4 is 60.2 Å². The van der Waals surface area contributed by atoms with Crippen molar-refractivity contribution in [1.82, 2.24) is 37.2 Å². The molecule has 0 aliphatic carbocycles. The summed E-state index contributed by atoms with van der Waals surface area (Å²) in [6.07, 6.45) is 3.57. The normalized spacial score (nSPS) is 22.4. The number of rotatable bonds is 26. The summed E-state index contributed by atoms with van der Waals surface area (Å²) in [5.74, 6) is -8.22. The average Bonchev–Trinajstić information content (AvgIpc) is 3.41. The molecule has 0 saturated carbocycles. The molecule has 1 aliphatic rings. The largest absolute Gasteiger partial charge is 0.393 e. The van der Waals surface area contributed by atoms with Crippen molar-refractivity contribution in [3.63, 3.8) is 0 Å². The van der Waals surface area contributed by atoms with Gasteiger partial charge in [0.05, 0.1) is 12.1 Å². The maximum absolute atomic E-state index is 14.6. The second-order valence-electron chi connectivity index (χ2n) is 21.8. The van der Waals surface area contributed by atoms with Crippen LogP contribution in [0.2, 0.25) is 0 Å². The molecule has 9 atom stereocenters. The number of unbranched alkanes of at least 4 members (excludes halogenated alkanes) is 4. The number of aliphatic hydroxyl groups is 1. The summed E-state index contributed by atoms with van der Waals surface area (Å²) in [6, 6.07) is 9.05. The highest BCUT2D eigenvalue weighted by Crippen LogP contribution is 2.22. The molecule has 0 radical (unpaired) electrons. The number of hydrogen-bond acceptors (Lipinski definition) is 14. The van der Waals surface area contributed by atoms with Crippen molar-refractivity contribution in [2.24, 2.45) is 46.6 Å². The Morgan fingerprint density at radius 1 is 0.608 bits per heavy atom. The van der Waals surface area contributed by atoms with E-state index in [0.29, 0.717) is 12.0 Å². The van der Waals surface area contributed by atoms with E-state index in [1.165, 1.54) is 0 Å². The molecule has 1 saturated heterocycles. The zero-order chi connectivity index (χ0) is 58.4. The fourth-order valence-corrected chi connectivity index (χ4v) is 9.63. The van der Waals surface area contributed by atoms with Crippen LogP contribution in [-0.2, 0) is 49.6 Å². The van der Waals surface area contributed by atoms with Crippen molar-refractivity contribution in [1.29, 1.82) is 0 Å². The molecule has 79 heavy (non-hydrogen) atoms. The number of ketones is 2. The number of nitrogens with one attached hydrogen (secondary N) is 7. The molecule has 0 bridgehead atoms. The first kappa shape index (κ1) is 67.1. The number of Topliss-reactive ketones (excluding diaryl/α,β-unsaturated/α-hetero) is 2. The molecule has 16 N–H and O–H groups in total. The van der Waals surface area contributed by atoms with Crippen LogP contribution in [0.3, 0.4) is 0 Å². The number of carbonyl (C=O) groups excluding carboxylic acids is 9. The van der Waals surface area contributed by atoms with E-state index in [1.54, 1.807) is 12.1 Å². The van der Waals surface area contributed by atoms with Gasteiger partial charge >= 0.3 is 0 Å². The standard InChI is InChI=1S/C58H93N11O10/c1-6-7-8-9-13-16-43(70)34-44(71)32-41(21-25-59)53(74)64-47-24-28-63-52(73)42(29-36(2)3)33-51(72)50(35-62)69-55(76)46(23-27-61)66-57(78)48(30-37(4)5)67-58(79)49(68-54(75)45(22-26-60)65-56(47)77)31-38-17-19-40(20-18-38)39-14-11-10-12-15-39/h10-12,14-15,17-20,36-37,41-43,45-50,70H,6-9,13,16,21-35,59-62H2,1-5H3,(H,63,73)(H,64,74)(H,65,77)(H,66,78)(H,67,79)(H,68,75)(H,69,76)/t41-,42+,43+,45-,46-,47-,48-,49+,50-/m0/s1. The van der Waals surface area contributed by atoms with E-state index in [0.717, 1.165) is 43.2 Å². The first-order chi connectivity index (χ1) is 37.7. The summed E-state index contributed by atoms with van der Waals surface area (Å²) in [4.78, 5) is 127. The third-order valence-electron chi connectivity index (χ3n) is 14.0. The Kier molecular flexibility index (Phi) is 30.8. The van der Waals surface area contributed by atoms with Crippen LogP contribution in [0.4, 0.5) is 0 Å². The van der Waals surface area contributed by atoms with E-state index in [9.17, 15) is 48.3 Å². The predicted molar refractivity (Wildman–Crippen MR) is 304 cm³/mol. The fraction of sp³-hybridized carbons (Fsp3) is 0.638. The van der Waals surface area contributed by atoms with Gasteiger partial charge in [0.15, 0.2) is 5.78 Å². The third kappa shape index (κ3) is 24.4. The Labute approximate surface area is 467 Å². The monoisotopic (exact) mass is 1100 g/mol. The maximum atomic E-state index is 14.6. The molecule has 440 valence electrons. The molecule has 1 fully saturated rings. The highest BCUT2D eigenvalue weighted by molar-refractivity contribution is 5.98. The van der Waals surface area contributed by atoms with E-state index in [4.69, 9.17) is 22.9 Å². The van der Waals surface area contributed by atoms with Gasteiger partial charge in [-0.15, -0.1) is 0 Å². The highest BCUT2D eigenvalue weighted by atomic mass is 16.3. The van der Waals surface area contributed by atoms with Crippen molar-refractivity contribution >= 4 is 52.9 Å². The number of hydrogen-bond donors (Lipinski definition) is 12. The van der Waals surface area contributed by atoms with Gasteiger partial charge in [-0.1, -0.05) is 121 Å². The lowest BCUT2D eigenvalue weighted by molar-refractivity contribution is -0.136. The van der Waals surface area contributed by atoms with Crippen LogP contribution >= 0.6 is 0 Å².